The quantitative estimate of drug-likeness (QED) is 0.643. The van der Waals surface area contributed by atoms with Crippen LogP contribution in [0.3, 0.4) is 0 Å². The molecular formula is C11H24N2O3S. The second-order valence-electron chi connectivity index (χ2n) is 4.60. The monoisotopic (exact) mass is 264 g/mol. The standard InChI is InChI=1S/C11H24N2O3S/c1-13(9-3-2-4-10-14)17(15,16)11-5-7-12-8-6-11/h11-12,14H,2-10H2,1H3. The molecule has 0 atom stereocenters. The first-order chi connectivity index (χ1) is 8.09. The van der Waals surface area contributed by atoms with E-state index in [-0.39, 0.29) is 11.9 Å². The van der Waals surface area contributed by atoms with Gasteiger partial charge in [0.2, 0.25) is 10.0 Å². The largest absolute Gasteiger partial charge is 0.396 e. The molecule has 0 aliphatic carbocycles. The zero-order chi connectivity index (χ0) is 12.7. The minimum Gasteiger partial charge on any atom is -0.396 e. The van der Waals surface area contributed by atoms with Crippen LogP contribution < -0.4 is 5.32 Å². The van der Waals surface area contributed by atoms with Gasteiger partial charge in [-0.1, -0.05) is 0 Å². The summed E-state index contributed by atoms with van der Waals surface area (Å²) in [6, 6.07) is 0. The van der Waals surface area contributed by atoms with Crippen molar-refractivity contribution in [1.82, 2.24) is 9.62 Å². The number of nitrogens with zero attached hydrogens (tertiary/aromatic N) is 1. The molecule has 1 aliphatic rings. The predicted molar refractivity (Wildman–Crippen MR) is 68.4 cm³/mol. The minimum absolute atomic E-state index is 0.185. The topological polar surface area (TPSA) is 69.6 Å². The Balaban J connectivity index is 2.39. The Kier molecular flexibility index (Phi) is 6.40. The Labute approximate surface area is 104 Å². The fraction of sp³-hybridized carbons (Fsp3) is 1.00. The van der Waals surface area contributed by atoms with E-state index in [1.807, 2.05) is 0 Å². The highest BCUT2D eigenvalue weighted by atomic mass is 32.2. The van der Waals surface area contributed by atoms with Crippen LogP contribution in [-0.4, -0.2) is 56.4 Å². The van der Waals surface area contributed by atoms with Crippen molar-refractivity contribution in [2.45, 2.75) is 37.4 Å². The lowest BCUT2D eigenvalue weighted by Gasteiger charge is -2.27. The molecule has 0 amide bonds. The van der Waals surface area contributed by atoms with Crippen molar-refractivity contribution in [3.05, 3.63) is 0 Å². The summed E-state index contributed by atoms with van der Waals surface area (Å²) >= 11 is 0. The molecule has 0 saturated carbocycles. The maximum Gasteiger partial charge on any atom is 0.216 e. The Morgan fingerprint density at radius 1 is 1.24 bits per heavy atom. The lowest BCUT2D eigenvalue weighted by molar-refractivity contribution is 0.281. The summed E-state index contributed by atoms with van der Waals surface area (Å²) in [6.45, 7) is 2.33. The fourth-order valence-electron chi connectivity index (χ4n) is 2.10. The van der Waals surface area contributed by atoms with Crippen molar-refractivity contribution in [2.24, 2.45) is 0 Å². The van der Waals surface area contributed by atoms with E-state index < -0.39 is 10.0 Å². The van der Waals surface area contributed by atoms with E-state index in [0.717, 1.165) is 32.4 Å². The van der Waals surface area contributed by atoms with Crippen LogP contribution in [0, 0.1) is 0 Å². The highest BCUT2D eigenvalue weighted by molar-refractivity contribution is 7.89. The molecular weight excluding hydrogens is 240 g/mol. The number of aliphatic hydroxyl groups is 1. The first-order valence-corrected chi connectivity index (χ1v) is 7.86. The summed E-state index contributed by atoms with van der Waals surface area (Å²) in [5.74, 6) is 0. The molecule has 1 heterocycles. The lowest BCUT2D eigenvalue weighted by Crippen LogP contribution is -2.42. The van der Waals surface area contributed by atoms with E-state index in [9.17, 15) is 8.42 Å². The smallest absolute Gasteiger partial charge is 0.216 e. The van der Waals surface area contributed by atoms with Crippen LogP contribution in [0.25, 0.3) is 0 Å². The molecule has 0 aromatic heterocycles. The third-order valence-electron chi connectivity index (χ3n) is 3.27. The van der Waals surface area contributed by atoms with Crippen molar-refractivity contribution in [2.75, 3.05) is 33.3 Å². The van der Waals surface area contributed by atoms with Gasteiger partial charge in [-0.25, -0.2) is 12.7 Å². The maximum absolute atomic E-state index is 12.2. The third kappa shape index (κ3) is 4.54. The van der Waals surface area contributed by atoms with E-state index in [1.54, 1.807) is 7.05 Å². The summed E-state index contributed by atoms with van der Waals surface area (Å²) in [5.41, 5.74) is 0. The van der Waals surface area contributed by atoms with E-state index >= 15 is 0 Å². The molecule has 1 aliphatic heterocycles. The van der Waals surface area contributed by atoms with Gasteiger partial charge in [0, 0.05) is 20.2 Å². The normalized spacial score (nSPS) is 18.8. The van der Waals surface area contributed by atoms with Crippen LogP contribution in [0.1, 0.15) is 32.1 Å². The molecule has 0 unspecified atom stereocenters. The number of unbranched alkanes of at least 4 members (excludes halogenated alkanes) is 2. The van der Waals surface area contributed by atoms with Gasteiger partial charge in [-0.3, -0.25) is 0 Å². The first-order valence-electron chi connectivity index (χ1n) is 6.35. The first kappa shape index (κ1) is 14.9. The van der Waals surface area contributed by atoms with E-state index in [1.165, 1.54) is 4.31 Å². The number of rotatable bonds is 7. The molecule has 5 nitrogen and oxygen atoms in total. The molecule has 0 aromatic carbocycles. The molecule has 6 heteroatoms. The van der Waals surface area contributed by atoms with Gasteiger partial charge in [0.15, 0.2) is 0 Å². The van der Waals surface area contributed by atoms with Crippen molar-refractivity contribution in [3.63, 3.8) is 0 Å². The van der Waals surface area contributed by atoms with Gasteiger partial charge >= 0.3 is 0 Å². The van der Waals surface area contributed by atoms with Crippen molar-refractivity contribution in [1.29, 1.82) is 0 Å². The summed E-state index contributed by atoms with van der Waals surface area (Å²) in [4.78, 5) is 0. The van der Waals surface area contributed by atoms with Gasteiger partial charge in [0.05, 0.1) is 5.25 Å². The van der Waals surface area contributed by atoms with Gasteiger partial charge in [-0.2, -0.15) is 0 Å². The molecule has 1 saturated heterocycles. The van der Waals surface area contributed by atoms with Crippen LogP contribution >= 0.6 is 0 Å². The molecule has 0 spiro atoms. The summed E-state index contributed by atoms with van der Waals surface area (Å²) in [7, 11) is -1.46. The van der Waals surface area contributed by atoms with E-state index in [4.69, 9.17) is 5.11 Å². The molecule has 1 fully saturated rings. The van der Waals surface area contributed by atoms with Crippen LogP contribution in [0.5, 0.6) is 0 Å². The molecule has 102 valence electrons. The highest BCUT2D eigenvalue weighted by Crippen LogP contribution is 2.17. The second-order valence-corrected chi connectivity index (χ2v) is 6.92. The van der Waals surface area contributed by atoms with Crippen LogP contribution in [0.15, 0.2) is 0 Å². The van der Waals surface area contributed by atoms with Crippen LogP contribution in [0.4, 0.5) is 0 Å². The van der Waals surface area contributed by atoms with Gasteiger partial charge < -0.3 is 10.4 Å². The van der Waals surface area contributed by atoms with Crippen molar-refractivity contribution < 1.29 is 13.5 Å². The summed E-state index contributed by atoms with van der Waals surface area (Å²) < 4.78 is 25.9. The Morgan fingerprint density at radius 2 is 1.88 bits per heavy atom. The van der Waals surface area contributed by atoms with Gasteiger partial charge in [-0.15, -0.1) is 0 Å². The average molecular weight is 264 g/mol. The Morgan fingerprint density at radius 3 is 2.47 bits per heavy atom. The SMILES string of the molecule is CN(CCCCCO)S(=O)(=O)C1CCNCC1. The zero-order valence-electron chi connectivity index (χ0n) is 10.6. The number of aliphatic hydroxyl groups excluding tert-OH is 1. The van der Waals surface area contributed by atoms with Crippen molar-refractivity contribution >= 4 is 10.0 Å². The minimum atomic E-state index is -3.12. The third-order valence-corrected chi connectivity index (χ3v) is 5.64. The number of nitrogens with one attached hydrogen (secondary N) is 1. The number of hydrogen-bond acceptors (Lipinski definition) is 4. The fourth-order valence-corrected chi connectivity index (χ4v) is 3.82. The van der Waals surface area contributed by atoms with Gasteiger partial charge in [-0.05, 0) is 45.2 Å². The molecule has 17 heavy (non-hydrogen) atoms. The molecule has 0 radical (unpaired) electrons. The lowest BCUT2D eigenvalue weighted by atomic mass is 10.2. The van der Waals surface area contributed by atoms with Crippen LogP contribution in [0.2, 0.25) is 0 Å². The molecule has 0 bridgehead atoms. The molecule has 0 aromatic rings. The van der Waals surface area contributed by atoms with E-state index in [0.29, 0.717) is 19.4 Å². The summed E-state index contributed by atoms with van der Waals surface area (Å²) in [6.07, 6.45) is 3.87. The Hall–Kier alpha value is -0.170. The maximum atomic E-state index is 12.2. The molecule has 2 N–H and O–H groups in total. The molecule has 1 rings (SSSR count). The van der Waals surface area contributed by atoms with E-state index in [2.05, 4.69) is 5.32 Å². The number of hydrogen-bond donors (Lipinski definition) is 2. The number of sulfonamides is 1. The van der Waals surface area contributed by atoms with Gasteiger partial charge in [0.1, 0.15) is 0 Å². The second kappa shape index (κ2) is 7.31. The number of piperidine rings is 1. The summed E-state index contributed by atoms with van der Waals surface area (Å²) in [5, 5.41) is 11.6. The average Bonchev–Trinajstić information content (AvgIpc) is 2.35. The van der Waals surface area contributed by atoms with Crippen molar-refractivity contribution in [3.8, 4) is 0 Å². The Bertz CT molecular complexity index is 300. The van der Waals surface area contributed by atoms with Gasteiger partial charge in [0.25, 0.3) is 0 Å². The predicted octanol–water partition coefficient (Wildman–Crippen LogP) is 0.163. The highest BCUT2D eigenvalue weighted by Gasteiger charge is 2.30. The van der Waals surface area contributed by atoms with Crippen LogP contribution in [-0.2, 0) is 10.0 Å². The zero-order valence-corrected chi connectivity index (χ0v) is 11.4.